The van der Waals surface area contributed by atoms with E-state index < -0.39 is 14.8 Å². The predicted molar refractivity (Wildman–Crippen MR) is 70.4 cm³/mol. The van der Waals surface area contributed by atoms with Crippen molar-refractivity contribution >= 4 is 32.2 Å². The number of hydrogen-bond donors (Lipinski definition) is 0. The van der Waals surface area contributed by atoms with Crippen LogP contribution in [0.5, 0.6) is 0 Å². The van der Waals surface area contributed by atoms with E-state index in [1.54, 1.807) is 26.8 Å². The van der Waals surface area contributed by atoms with Crippen LogP contribution < -0.4 is 0 Å². The van der Waals surface area contributed by atoms with Crippen molar-refractivity contribution in [1.82, 2.24) is 0 Å². The van der Waals surface area contributed by atoms with Crippen LogP contribution in [0.3, 0.4) is 0 Å². The first-order valence-electron chi connectivity index (χ1n) is 4.78. The standard InChI is InChI=1S/C11H14BrNO2S/c1-11(2,3)16(14,15)13-8-9-5-4-6-10(12)7-9/h4-8H,1-3H3/b13-8-. The monoisotopic (exact) mass is 303 g/mol. The van der Waals surface area contributed by atoms with Gasteiger partial charge in [-0.1, -0.05) is 28.1 Å². The second-order valence-electron chi connectivity index (χ2n) is 4.38. The maximum Gasteiger partial charge on any atom is 0.258 e. The lowest BCUT2D eigenvalue weighted by Crippen LogP contribution is -2.25. The van der Waals surface area contributed by atoms with Gasteiger partial charge in [-0.25, -0.2) is 8.42 Å². The second kappa shape index (κ2) is 4.67. The Kier molecular flexibility index (Phi) is 3.91. The number of halogens is 1. The number of nitrogens with zero attached hydrogens (tertiary/aromatic N) is 1. The van der Waals surface area contributed by atoms with E-state index in [4.69, 9.17) is 0 Å². The van der Waals surface area contributed by atoms with Gasteiger partial charge in [-0.3, -0.25) is 0 Å². The fourth-order valence-electron chi connectivity index (χ4n) is 0.875. The van der Waals surface area contributed by atoms with Gasteiger partial charge in [0.2, 0.25) is 0 Å². The molecule has 0 heterocycles. The van der Waals surface area contributed by atoms with Crippen LogP contribution in [0.4, 0.5) is 0 Å². The molecule has 0 radical (unpaired) electrons. The first kappa shape index (κ1) is 13.4. The quantitative estimate of drug-likeness (QED) is 0.789. The molecule has 0 saturated heterocycles. The minimum Gasteiger partial charge on any atom is -0.204 e. The van der Waals surface area contributed by atoms with Crippen LogP contribution >= 0.6 is 15.9 Å². The Bertz CT molecular complexity index is 501. The SMILES string of the molecule is CC(C)(C)S(=O)(=O)/N=C\c1cccc(Br)c1. The van der Waals surface area contributed by atoms with Crippen LogP contribution in [0, 0.1) is 0 Å². The van der Waals surface area contributed by atoms with Gasteiger partial charge in [0.25, 0.3) is 10.0 Å². The zero-order valence-corrected chi connectivity index (χ0v) is 11.8. The molecule has 1 aromatic rings. The molecule has 0 amide bonds. The summed E-state index contributed by atoms with van der Waals surface area (Å²) in [6.45, 7) is 4.88. The highest BCUT2D eigenvalue weighted by molar-refractivity contribution is 9.10. The summed E-state index contributed by atoms with van der Waals surface area (Å²) < 4.78 is 27.1. The minimum absolute atomic E-state index is 0.752. The lowest BCUT2D eigenvalue weighted by molar-refractivity contribution is 0.562. The van der Waals surface area contributed by atoms with Gasteiger partial charge in [0.1, 0.15) is 0 Å². The maximum atomic E-state index is 11.7. The average Bonchev–Trinajstić information content (AvgIpc) is 2.13. The van der Waals surface area contributed by atoms with E-state index in [1.165, 1.54) is 6.21 Å². The normalized spacial score (nSPS) is 13.2. The van der Waals surface area contributed by atoms with E-state index in [9.17, 15) is 8.42 Å². The Labute approximate surface area is 105 Å². The van der Waals surface area contributed by atoms with Crippen LogP contribution in [-0.2, 0) is 10.0 Å². The Balaban J connectivity index is 2.99. The lowest BCUT2D eigenvalue weighted by Gasteiger charge is -2.14. The molecule has 0 atom stereocenters. The van der Waals surface area contributed by atoms with Gasteiger partial charge in [-0.2, -0.15) is 4.40 Å². The van der Waals surface area contributed by atoms with Crippen LogP contribution in [0.1, 0.15) is 26.3 Å². The molecule has 5 heteroatoms. The zero-order chi connectivity index (χ0) is 12.4. The molecule has 0 aliphatic carbocycles. The minimum atomic E-state index is -3.45. The molecular formula is C11H14BrNO2S. The third-order valence-corrected chi connectivity index (χ3v) is 4.39. The molecule has 0 spiro atoms. The summed E-state index contributed by atoms with van der Waals surface area (Å²) in [6.07, 6.45) is 1.37. The summed E-state index contributed by atoms with van der Waals surface area (Å²) >= 11 is 3.31. The fraction of sp³-hybridized carbons (Fsp3) is 0.364. The Morgan fingerprint density at radius 2 is 1.94 bits per heavy atom. The van der Waals surface area contributed by atoms with Crippen molar-refractivity contribution in [3.8, 4) is 0 Å². The molecule has 0 aliphatic rings. The van der Waals surface area contributed by atoms with Crippen molar-refractivity contribution in [2.75, 3.05) is 0 Å². The van der Waals surface area contributed by atoms with Gasteiger partial charge in [-0.05, 0) is 38.5 Å². The molecule has 0 N–H and O–H groups in total. The van der Waals surface area contributed by atoms with Crippen LogP contribution in [0.25, 0.3) is 0 Å². The van der Waals surface area contributed by atoms with Crippen molar-refractivity contribution in [3.63, 3.8) is 0 Å². The molecule has 1 aromatic carbocycles. The van der Waals surface area contributed by atoms with E-state index in [2.05, 4.69) is 20.3 Å². The molecule has 16 heavy (non-hydrogen) atoms. The van der Waals surface area contributed by atoms with E-state index in [0.717, 1.165) is 10.0 Å². The summed E-state index contributed by atoms with van der Waals surface area (Å²) in [5.41, 5.74) is 0.752. The fourth-order valence-corrected chi connectivity index (χ4v) is 1.87. The zero-order valence-electron chi connectivity index (χ0n) is 9.44. The summed E-state index contributed by atoms with van der Waals surface area (Å²) in [4.78, 5) is 0. The summed E-state index contributed by atoms with van der Waals surface area (Å²) in [5.74, 6) is 0. The summed E-state index contributed by atoms with van der Waals surface area (Å²) in [5, 5.41) is 0. The molecule has 0 saturated carbocycles. The van der Waals surface area contributed by atoms with Gasteiger partial charge in [0, 0.05) is 10.7 Å². The van der Waals surface area contributed by atoms with Crippen LogP contribution in [0.15, 0.2) is 33.1 Å². The lowest BCUT2D eigenvalue weighted by atomic mass is 10.2. The van der Waals surface area contributed by atoms with Crippen molar-refractivity contribution < 1.29 is 8.42 Å². The third kappa shape index (κ3) is 3.42. The van der Waals surface area contributed by atoms with Crippen molar-refractivity contribution in [2.24, 2.45) is 4.40 Å². The largest absolute Gasteiger partial charge is 0.258 e. The number of hydrogen-bond acceptors (Lipinski definition) is 2. The molecule has 0 aromatic heterocycles. The first-order valence-corrected chi connectivity index (χ1v) is 7.01. The Hall–Kier alpha value is -0.680. The molecule has 0 bridgehead atoms. The highest BCUT2D eigenvalue weighted by Crippen LogP contribution is 2.17. The smallest absolute Gasteiger partial charge is 0.204 e. The molecule has 1 rings (SSSR count). The third-order valence-electron chi connectivity index (χ3n) is 1.96. The topological polar surface area (TPSA) is 46.5 Å². The van der Waals surface area contributed by atoms with Crippen molar-refractivity contribution in [3.05, 3.63) is 34.3 Å². The molecule has 88 valence electrons. The number of rotatable bonds is 2. The molecular weight excluding hydrogens is 290 g/mol. The average molecular weight is 304 g/mol. The van der Waals surface area contributed by atoms with Crippen LogP contribution in [-0.4, -0.2) is 19.4 Å². The van der Waals surface area contributed by atoms with Gasteiger partial charge >= 0.3 is 0 Å². The highest BCUT2D eigenvalue weighted by Gasteiger charge is 2.27. The maximum absolute atomic E-state index is 11.7. The number of benzene rings is 1. The molecule has 0 fully saturated rings. The van der Waals surface area contributed by atoms with E-state index in [-0.39, 0.29) is 0 Å². The number of sulfonamides is 1. The van der Waals surface area contributed by atoms with E-state index in [1.807, 2.05) is 18.2 Å². The van der Waals surface area contributed by atoms with Gasteiger partial charge in [0.15, 0.2) is 0 Å². The highest BCUT2D eigenvalue weighted by atomic mass is 79.9. The molecule has 3 nitrogen and oxygen atoms in total. The van der Waals surface area contributed by atoms with Crippen LogP contribution in [0.2, 0.25) is 0 Å². The molecule has 0 unspecified atom stereocenters. The van der Waals surface area contributed by atoms with Gasteiger partial charge in [0.05, 0.1) is 4.75 Å². The van der Waals surface area contributed by atoms with Crippen molar-refractivity contribution in [2.45, 2.75) is 25.5 Å². The van der Waals surface area contributed by atoms with Gasteiger partial charge < -0.3 is 0 Å². The van der Waals surface area contributed by atoms with Gasteiger partial charge in [-0.15, -0.1) is 0 Å². The first-order chi connectivity index (χ1) is 7.22. The Morgan fingerprint density at radius 3 is 2.44 bits per heavy atom. The molecule has 0 aliphatic heterocycles. The van der Waals surface area contributed by atoms with Crippen molar-refractivity contribution in [1.29, 1.82) is 0 Å². The van der Waals surface area contributed by atoms with E-state index >= 15 is 0 Å². The summed E-state index contributed by atoms with van der Waals surface area (Å²) in [7, 11) is -3.45. The Morgan fingerprint density at radius 1 is 1.31 bits per heavy atom. The second-order valence-corrected chi connectivity index (χ2v) is 7.68. The summed E-state index contributed by atoms with van der Waals surface area (Å²) in [6, 6.07) is 7.30. The predicted octanol–water partition coefficient (Wildman–Crippen LogP) is 3.00. The van der Waals surface area contributed by atoms with E-state index in [0.29, 0.717) is 0 Å².